The van der Waals surface area contributed by atoms with Crippen LogP contribution < -0.4 is 5.73 Å². The summed E-state index contributed by atoms with van der Waals surface area (Å²) < 4.78 is 0. The summed E-state index contributed by atoms with van der Waals surface area (Å²) in [5.41, 5.74) is 5.98. The van der Waals surface area contributed by atoms with Gasteiger partial charge in [0.1, 0.15) is 0 Å². The van der Waals surface area contributed by atoms with Gasteiger partial charge in [0.15, 0.2) is 0 Å². The molecule has 0 atom stereocenters. The van der Waals surface area contributed by atoms with E-state index in [-0.39, 0.29) is 0 Å². The van der Waals surface area contributed by atoms with Crippen molar-refractivity contribution in [3.8, 4) is 0 Å². The molecule has 3 heteroatoms. The molecule has 1 rings (SSSR count). The summed E-state index contributed by atoms with van der Waals surface area (Å²) in [6.07, 6.45) is 4.62. The molecule has 2 nitrogen and oxygen atoms in total. The predicted octanol–water partition coefficient (Wildman–Crippen LogP) is 2.17. The quantitative estimate of drug-likeness (QED) is 0.562. The highest BCUT2D eigenvalue weighted by molar-refractivity contribution is 7.80. The Morgan fingerprint density at radius 2 is 2.14 bits per heavy atom. The lowest BCUT2D eigenvalue weighted by molar-refractivity contribution is 0.286. The minimum Gasteiger partial charge on any atom is -0.393 e. The van der Waals surface area contributed by atoms with E-state index >= 15 is 0 Å². The number of rotatable bonds is 5. The lowest BCUT2D eigenvalue weighted by atomic mass is 9.93. The van der Waals surface area contributed by atoms with Crippen LogP contribution in [0.15, 0.2) is 0 Å². The normalized spacial score (nSPS) is 21.3. The smallest absolute Gasteiger partial charge is 0.0727 e. The zero-order valence-electron chi connectivity index (χ0n) is 9.38. The fraction of sp³-hybridized carbons (Fsp3) is 0.909. The topological polar surface area (TPSA) is 29.3 Å². The van der Waals surface area contributed by atoms with E-state index in [4.69, 9.17) is 18.0 Å². The van der Waals surface area contributed by atoms with Crippen LogP contribution in [0.3, 0.4) is 0 Å². The summed E-state index contributed by atoms with van der Waals surface area (Å²) in [5, 5.41) is 0. The Morgan fingerprint density at radius 1 is 1.43 bits per heavy atom. The van der Waals surface area contributed by atoms with E-state index in [1.807, 2.05) is 0 Å². The largest absolute Gasteiger partial charge is 0.393 e. The van der Waals surface area contributed by atoms with Crippen LogP contribution in [0.4, 0.5) is 0 Å². The van der Waals surface area contributed by atoms with Crippen LogP contribution in [0.1, 0.15) is 39.5 Å². The number of nitrogens with two attached hydrogens (primary N) is 1. The lowest BCUT2D eigenvalue weighted by Gasteiger charge is -2.19. The van der Waals surface area contributed by atoms with E-state index in [0.29, 0.717) is 10.4 Å². The molecule has 0 aromatic rings. The van der Waals surface area contributed by atoms with Gasteiger partial charge >= 0.3 is 0 Å². The van der Waals surface area contributed by atoms with Crippen molar-refractivity contribution in [3.05, 3.63) is 0 Å². The van der Waals surface area contributed by atoms with Gasteiger partial charge in [0.2, 0.25) is 0 Å². The van der Waals surface area contributed by atoms with Crippen molar-refractivity contribution in [2.75, 3.05) is 19.6 Å². The number of likely N-dealkylation sites (tertiary alicyclic amines) is 1. The van der Waals surface area contributed by atoms with Crippen LogP contribution in [-0.4, -0.2) is 29.5 Å². The Hall–Kier alpha value is -0.150. The van der Waals surface area contributed by atoms with E-state index in [2.05, 4.69) is 18.7 Å². The average molecular weight is 214 g/mol. The number of hydrogen-bond donors (Lipinski definition) is 1. The third-order valence-corrected chi connectivity index (χ3v) is 3.11. The van der Waals surface area contributed by atoms with Crippen molar-refractivity contribution in [1.82, 2.24) is 4.90 Å². The summed E-state index contributed by atoms with van der Waals surface area (Å²) >= 11 is 4.84. The number of thiocarbonyl (C=S) groups is 1. The zero-order chi connectivity index (χ0) is 10.6. The molecule has 1 aliphatic heterocycles. The molecule has 14 heavy (non-hydrogen) atoms. The van der Waals surface area contributed by atoms with Crippen LogP contribution >= 0.6 is 12.2 Å². The molecule has 0 bridgehead atoms. The molecule has 1 aliphatic rings. The molecule has 1 heterocycles. The number of unbranched alkanes of at least 4 members (excludes halogenated alkanes) is 1. The summed E-state index contributed by atoms with van der Waals surface area (Å²) in [7, 11) is 0. The Labute approximate surface area is 92.8 Å². The van der Waals surface area contributed by atoms with E-state index in [1.54, 1.807) is 0 Å². The molecule has 2 N–H and O–H groups in total. The molecule has 1 saturated heterocycles. The first kappa shape index (κ1) is 11.9. The van der Waals surface area contributed by atoms with E-state index in [9.17, 15) is 0 Å². The van der Waals surface area contributed by atoms with Gasteiger partial charge in [-0.25, -0.2) is 0 Å². The molecule has 0 aliphatic carbocycles. The molecule has 0 unspecified atom stereocenters. The van der Waals surface area contributed by atoms with Gasteiger partial charge in [-0.05, 0) is 44.2 Å². The van der Waals surface area contributed by atoms with Gasteiger partial charge in [0, 0.05) is 6.54 Å². The third kappa shape index (κ3) is 4.38. The van der Waals surface area contributed by atoms with Crippen molar-refractivity contribution < 1.29 is 0 Å². The number of nitrogens with zero attached hydrogens (tertiary/aromatic N) is 1. The molecule has 0 radical (unpaired) electrons. The van der Waals surface area contributed by atoms with Gasteiger partial charge in [-0.3, -0.25) is 0 Å². The first-order valence-corrected chi connectivity index (χ1v) is 5.91. The van der Waals surface area contributed by atoms with Gasteiger partial charge in [-0.1, -0.05) is 26.1 Å². The highest BCUT2D eigenvalue weighted by Gasteiger charge is 2.28. The van der Waals surface area contributed by atoms with Crippen LogP contribution in [-0.2, 0) is 0 Å². The van der Waals surface area contributed by atoms with Crippen LogP contribution in [0.5, 0.6) is 0 Å². The van der Waals surface area contributed by atoms with Gasteiger partial charge in [-0.2, -0.15) is 0 Å². The second-order valence-electron chi connectivity index (χ2n) is 5.11. The average Bonchev–Trinajstić information content (AvgIpc) is 2.39. The Balaban J connectivity index is 2.06. The minimum atomic E-state index is 0.531. The second-order valence-corrected chi connectivity index (χ2v) is 5.64. The summed E-state index contributed by atoms with van der Waals surface area (Å²) in [5.74, 6) is 0. The van der Waals surface area contributed by atoms with E-state index in [0.717, 1.165) is 12.8 Å². The van der Waals surface area contributed by atoms with Gasteiger partial charge in [0.25, 0.3) is 0 Å². The van der Waals surface area contributed by atoms with Crippen molar-refractivity contribution in [3.63, 3.8) is 0 Å². The van der Waals surface area contributed by atoms with E-state index < -0.39 is 0 Å². The predicted molar refractivity (Wildman–Crippen MR) is 65.5 cm³/mol. The molecule has 0 spiro atoms. The summed E-state index contributed by atoms with van der Waals surface area (Å²) in [4.78, 5) is 3.21. The van der Waals surface area contributed by atoms with Crippen molar-refractivity contribution in [1.29, 1.82) is 0 Å². The first-order chi connectivity index (χ1) is 6.49. The number of hydrogen-bond acceptors (Lipinski definition) is 2. The molecule has 0 amide bonds. The first-order valence-electron chi connectivity index (χ1n) is 5.50. The maximum Gasteiger partial charge on any atom is 0.0727 e. The SMILES string of the molecule is CC1(C)CCN(CCCCC(N)=S)C1. The van der Waals surface area contributed by atoms with Crippen LogP contribution in [0, 0.1) is 5.41 Å². The summed E-state index contributed by atoms with van der Waals surface area (Å²) in [6, 6.07) is 0. The second kappa shape index (κ2) is 5.08. The maximum atomic E-state index is 5.45. The van der Waals surface area contributed by atoms with Crippen molar-refractivity contribution in [2.24, 2.45) is 11.1 Å². The maximum absolute atomic E-state index is 5.45. The highest BCUT2D eigenvalue weighted by Crippen LogP contribution is 2.28. The zero-order valence-corrected chi connectivity index (χ0v) is 10.2. The molecule has 1 fully saturated rings. The molecule has 0 aromatic heterocycles. The monoisotopic (exact) mass is 214 g/mol. The molecule has 0 saturated carbocycles. The Kier molecular flexibility index (Phi) is 4.32. The fourth-order valence-electron chi connectivity index (χ4n) is 2.05. The van der Waals surface area contributed by atoms with Crippen molar-refractivity contribution in [2.45, 2.75) is 39.5 Å². The summed E-state index contributed by atoms with van der Waals surface area (Å²) in [6.45, 7) is 8.43. The third-order valence-electron chi connectivity index (χ3n) is 2.90. The standard InChI is InChI=1S/C11H22N2S/c1-11(2)6-8-13(9-11)7-4-3-5-10(12)14/h3-9H2,1-2H3,(H2,12,14). The van der Waals surface area contributed by atoms with Gasteiger partial charge < -0.3 is 10.6 Å². The fourth-order valence-corrected chi connectivity index (χ4v) is 2.19. The lowest BCUT2D eigenvalue weighted by Crippen LogP contribution is -2.24. The highest BCUT2D eigenvalue weighted by atomic mass is 32.1. The molecule has 0 aromatic carbocycles. The Morgan fingerprint density at radius 3 is 2.64 bits per heavy atom. The van der Waals surface area contributed by atoms with E-state index in [1.165, 1.54) is 32.5 Å². The van der Waals surface area contributed by atoms with Gasteiger partial charge in [0.05, 0.1) is 4.99 Å². The van der Waals surface area contributed by atoms with Crippen molar-refractivity contribution >= 4 is 17.2 Å². The Bertz CT molecular complexity index is 201. The molecular weight excluding hydrogens is 192 g/mol. The van der Waals surface area contributed by atoms with Gasteiger partial charge in [-0.15, -0.1) is 0 Å². The van der Waals surface area contributed by atoms with Crippen LogP contribution in [0.25, 0.3) is 0 Å². The molecular formula is C11H22N2S. The molecule has 82 valence electrons. The van der Waals surface area contributed by atoms with Crippen LogP contribution in [0.2, 0.25) is 0 Å². The minimum absolute atomic E-state index is 0.531.